The number of hydrogen-bond acceptors (Lipinski definition) is 4. The van der Waals surface area contributed by atoms with Crippen molar-refractivity contribution in [3.8, 4) is 39.9 Å². The van der Waals surface area contributed by atoms with E-state index in [1.807, 2.05) is 30.3 Å². The number of aromatic nitrogens is 4. The molecule has 278 valence electrons. The van der Waals surface area contributed by atoms with Crippen molar-refractivity contribution in [1.82, 2.24) is 19.5 Å². The highest BCUT2D eigenvalue weighted by Crippen LogP contribution is 2.43. The molecule has 13 aromatic rings. The minimum atomic E-state index is 0.592. The molecule has 5 nitrogen and oxygen atoms in total. The number of benzene rings is 10. The molecule has 0 saturated heterocycles. The predicted molar refractivity (Wildman–Crippen MR) is 248 cm³/mol. The first-order valence-corrected chi connectivity index (χ1v) is 20.3. The fourth-order valence-corrected chi connectivity index (χ4v) is 9.51. The third kappa shape index (κ3) is 4.84. The Balaban J connectivity index is 1.10. The lowest BCUT2D eigenvalue weighted by atomic mass is 10.0. The summed E-state index contributed by atoms with van der Waals surface area (Å²) >= 11 is 0. The van der Waals surface area contributed by atoms with Crippen LogP contribution in [0.5, 0.6) is 0 Å². The first-order chi connectivity index (χ1) is 29.7. The normalized spacial score (nSPS) is 12.0. The Morgan fingerprint density at radius 1 is 0.350 bits per heavy atom. The van der Waals surface area contributed by atoms with Gasteiger partial charge in [0.25, 0.3) is 0 Å². The fraction of sp³-hybridized carbons (Fsp3) is 0. The Morgan fingerprint density at radius 2 is 0.967 bits per heavy atom. The summed E-state index contributed by atoms with van der Waals surface area (Å²) in [5.41, 5.74) is 7.83. The molecule has 0 fully saturated rings. The molecule has 0 atom stereocenters. The maximum Gasteiger partial charge on any atom is 0.164 e. The highest BCUT2D eigenvalue weighted by Gasteiger charge is 2.22. The fourth-order valence-electron chi connectivity index (χ4n) is 9.51. The van der Waals surface area contributed by atoms with Crippen molar-refractivity contribution in [2.75, 3.05) is 0 Å². The lowest BCUT2D eigenvalue weighted by molar-refractivity contribution is 0.669. The molecular formula is C55H32N4O. The molecule has 0 radical (unpaired) electrons. The van der Waals surface area contributed by atoms with Crippen LogP contribution in [-0.4, -0.2) is 19.5 Å². The van der Waals surface area contributed by atoms with Gasteiger partial charge in [0.2, 0.25) is 0 Å². The molecule has 0 amide bonds. The summed E-state index contributed by atoms with van der Waals surface area (Å²) in [5, 5.41) is 13.8. The topological polar surface area (TPSA) is 56.7 Å². The molecule has 0 aliphatic rings. The number of furan rings is 1. The highest BCUT2D eigenvalue weighted by atomic mass is 16.3. The van der Waals surface area contributed by atoms with E-state index in [0.29, 0.717) is 17.5 Å². The van der Waals surface area contributed by atoms with E-state index in [1.54, 1.807) is 0 Å². The molecule has 5 heteroatoms. The minimum absolute atomic E-state index is 0.592. The Kier molecular flexibility index (Phi) is 6.95. The average Bonchev–Trinajstić information content (AvgIpc) is 3.87. The van der Waals surface area contributed by atoms with Gasteiger partial charge in [-0.05, 0) is 68.7 Å². The number of rotatable bonds is 4. The van der Waals surface area contributed by atoms with Gasteiger partial charge in [-0.15, -0.1) is 0 Å². The lowest BCUT2D eigenvalue weighted by Gasteiger charge is -2.16. The van der Waals surface area contributed by atoms with Gasteiger partial charge in [-0.3, -0.25) is 0 Å². The molecule has 3 aromatic heterocycles. The maximum absolute atomic E-state index is 6.34. The van der Waals surface area contributed by atoms with Crippen LogP contribution in [0.3, 0.4) is 0 Å². The third-order valence-electron chi connectivity index (χ3n) is 12.2. The summed E-state index contributed by atoms with van der Waals surface area (Å²) in [4.78, 5) is 15.9. The van der Waals surface area contributed by atoms with Crippen LogP contribution in [0.4, 0.5) is 0 Å². The van der Waals surface area contributed by atoms with Gasteiger partial charge in [0.15, 0.2) is 17.5 Å². The highest BCUT2D eigenvalue weighted by molar-refractivity contribution is 6.26. The van der Waals surface area contributed by atoms with Crippen molar-refractivity contribution in [3.63, 3.8) is 0 Å². The second-order valence-electron chi connectivity index (χ2n) is 15.5. The Labute approximate surface area is 343 Å². The minimum Gasteiger partial charge on any atom is -0.456 e. The van der Waals surface area contributed by atoms with Crippen LogP contribution in [-0.2, 0) is 0 Å². The van der Waals surface area contributed by atoms with E-state index in [0.717, 1.165) is 65.9 Å². The maximum atomic E-state index is 6.34. The number of hydrogen-bond donors (Lipinski definition) is 0. The Hall–Kier alpha value is -8.15. The molecule has 10 aromatic carbocycles. The van der Waals surface area contributed by atoms with Crippen LogP contribution in [0, 0.1) is 0 Å². The first-order valence-electron chi connectivity index (χ1n) is 20.3. The zero-order chi connectivity index (χ0) is 39.3. The van der Waals surface area contributed by atoms with Crippen LogP contribution in [0.15, 0.2) is 199 Å². The van der Waals surface area contributed by atoms with Gasteiger partial charge in [-0.1, -0.05) is 158 Å². The Morgan fingerprint density at radius 3 is 1.82 bits per heavy atom. The summed E-state index contributed by atoms with van der Waals surface area (Å²) in [7, 11) is 0. The van der Waals surface area contributed by atoms with E-state index in [-0.39, 0.29) is 0 Å². The van der Waals surface area contributed by atoms with E-state index >= 15 is 0 Å². The van der Waals surface area contributed by atoms with Crippen molar-refractivity contribution in [2.45, 2.75) is 0 Å². The number of fused-ring (bicyclic) bond motifs is 12. The van der Waals surface area contributed by atoms with E-state index < -0.39 is 0 Å². The Bertz CT molecular complexity index is 3910. The third-order valence-corrected chi connectivity index (χ3v) is 12.2. The van der Waals surface area contributed by atoms with Crippen LogP contribution in [0.2, 0.25) is 0 Å². The van der Waals surface area contributed by atoms with E-state index in [1.165, 1.54) is 43.4 Å². The van der Waals surface area contributed by atoms with Gasteiger partial charge in [-0.25, -0.2) is 15.0 Å². The number of para-hydroxylation sites is 1. The van der Waals surface area contributed by atoms with Crippen molar-refractivity contribution in [1.29, 1.82) is 0 Å². The molecule has 0 saturated carbocycles. The van der Waals surface area contributed by atoms with E-state index in [4.69, 9.17) is 19.4 Å². The van der Waals surface area contributed by atoms with Gasteiger partial charge < -0.3 is 8.98 Å². The van der Waals surface area contributed by atoms with Gasteiger partial charge in [0.05, 0.1) is 16.7 Å². The second-order valence-corrected chi connectivity index (χ2v) is 15.5. The lowest BCUT2D eigenvalue weighted by Crippen LogP contribution is -2.02. The number of nitrogens with zero attached hydrogens (tertiary/aromatic N) is 4. The zero-order valence-electron chi connectivity index (χ0n) is 32.2. The summed E-state index contributed by atoms with van der Waals surface area (Å²) < 4.78 is 8.80. The van der Waals surface area contributed by atoms with Crippen LogP contribution in [0.25, 0.3) is 127 Å². The molecule has 0 spiro atoms. The van der Waals surface area contributed by atoms with Crippen molar-refractivity contribution >= 4 is 86.8 Å². The average molecular weight is 765 g/mol. The molecular weight excluding hydrogens is 733 g/mol. The molecule has 0 aliphatic heterocycles. The van der Waals surface area contributed by atoms with Gasteiger partial charge >= 0.3 is 0 Å². The molecule has 0 unspecified atom stereocenters. The second kappa shape index (κ2) is 12.7. The zero-order valence-corrected chi connectivity index (χ0v) is 32.2. The molecule has 0 aliphatic carbocycles. The summed E-state index contributed by atoms with van der Waals surface area (Å²) in [5.74, 6) is 1.81. The van der Waals surface area contributed by atoms with Crippen molar-refractivity contribution in [2.24, 2.45) is 0 Å². The van der Waals surface area contributed by atoms with Crippen LogP contribution >= 0.6 is 0 Å². The smallest absolute Gasteiger partial charge is 0.164 e. The van der Waals surface area contributed by atoms with Crippen LogP contribution < -0.4 is 0 Å². The molecule has 0 bridgehead atoms. The van der Waals surface area contributed by atoms with Crippen molar-refractivity contribution in [3.05, 3.63) is 194 Å². The van der Waals surface area contributed by atoms with E-state index in [9.17, 15) is 0 Å². The monoisotopic (exact) mass is 764 g/mol. The predicted octanol–water partition coefficient (Wildman–Crippen LogP) is 14.5. The van der Waals surface area contributed by atoms with E-state index in [2.05, 4.69) is 168 Å². The SMILES string of the molecule is c1ccc2cc(-c3nc(-c4ccc(-n5c6ccc7ccccc7c6c6ccc7ccccc7c65)c5ccccc45)nc(-c4cccc5oc6ccccc6c45)n3)ccc2c1. The van der Waals surface area contributed by atoms with Gasteiger partial charge in [0.1, 0.15) is 11.2 Å². The summed E-state index contributed by atoms with van der Waals surface area (Å²) in [6, 6.07) is 68.7. The summed E-state index contributed by atoms with van der Waals surface area (Å²) in [6.07, 6.45) is 0. The van der Waals surface area contributed by atoms with Crippen molar-refractivity contribution < 1.29 is 4.42 Å². The summed E-state index contributed by atoms with van der Waals surface area (Å²) in [6.45, 7) is 0. The largest absolute Gasteiger partial charge is 0.456 e. The van der Waals surface area contributed by atoms with Gasteiger partial charge in [0, 0.05) is 49.0 Å². The quantitative estimate of drug-likeness (QED) is 0.179. The van der Waals surface area contributed by atoms with Gasteiger partial charge in [-0.2, -0.15) is 0 Å². The molecule has 3 heterocycles. The molecule has 0 N–H and O–H groups in total. The standard InChI is InChI=1S/C55H32N4O/c1-2-15-36-32-37(25-24-33(36)12-1)53-56-54(58-55(57-53)45-21-11-23-49-51(45)43-20-9-10-22-48(43)60-49)42-29-31-46(41-19-8-7-18-40(41)42)59-47-30-27-34-13-3-5-16-38(34)50(47)44-28-26-35-14-4-6-17-39(35)52(44)59/h1-32H. The van der Waals surface area contributed by atoms with Crippen LogP contribution in [0.1, 0.15) is 0 Å². The molecule has 13 rings (SSSR count). The first kappa shape index (κ1) is 32.9. The molecule has 60 heavy (non-hydrogen) atoms.